The molecule has 0 saturated heterocycles. The maximum Gasteiger partial charge on any atom is 0.333 e. The molecular weight excluding hydrogens is 596 g/mol. The third kappa shape index (κ3) is 10.5. The monoisotopic (exact) mass is 654 g/mol. The van der Waals surface area contributed by atoms with Crippen molar-refractivity contribution >= 4 is 5.97 Å². The summed E-state index contributed by atoms with van der Waals surface area (Å²) in [5, 5.41) is 19.9. The molecule has 1 fully saturated rings. The fraction of sp³-hybridized carbons (Fsp3) is 0.512. The molecule has 0 radical (unpaired) electrons. The molecule has 2 N–H and O–H groups in total. The fourth-order valence-corrected chi connectivity index (χ4v) is 7.14. The summed E-state index contributed by atoms with van der Waals surface area (Å²) in [7, 11) is 0. The highest BCUT2D eigenvalue weighted by Crippen LogP contribution is 2.38. The number of benzene rings is 3. The van der Waals surface area contributed by atoms with Crippen LogP contribution in [-0.4, -0.2) is 42.6 Å². The van der Waals surface area contributed by atoms with E-state index in [1.165, 1.54) is 68.1 Å². The number of ether oxygens (including phenoxy) is 2. The zero-order valence-electron chi connectivity index (χ0n) is 29.6. The molecule has 0 spiro atoms. The molecule has 0 heterocycles. The Balaban J connectivity index is 1.42. The van der Waals surface area contributed by atoms with E-state index in [4.69, 9.17) is 9.47 Å². The summed E-state index contributed by atoms with van der Waals surface area (Å²) in [6.45, 7) is 10.1. The Kier molecular flexibility index (Phi) is 14.8. The first-order chi connectivity index (χ1) is 23.3. The lowest BCUT2D eigenvalue weighted by atomic mass is 9.77. The maximum absolute atomic E-state index is 12.0. The Labute approximate surface area is 289 Å². The Hall–Kier alpha value is -3.41. The van der Waals surface area contributed by atoms with Crippen molar-refractivity contribution in [1.82, 2.24) is 0 Å². The van der Waals surface area contributed by atoms with Gasteiger partial charge in [0.15, 0.2) is 0 Å². The second-order valence-corrected chi connectivity index (χ2v) is 14.1. The number of carbonyl (C=O) groups excluding carboxylic acids is 1. The summed E-state index contributed by atoms with van der Waals surface area (Å²) in [6.07, 6.45) is 13.5. The number of rotatable bonds is 19. The van der Waals surface area contributed by atoms with Crippen LogP contribution in [0.4, 0.5) is 0 Å². The highest BCUT2D eigenvalue weighted by atomic mass is 16.5. The van der Waals surface area contributed by atoms with Gasteiger partial charge in [0.1, 0.15) is 5.75 Å². The standard InChI is InChI=1S/C43H58O5/c1-5-7-8-9-33-10-12-34(13-11-33)35-14-16-36(17-15-35)37-18-20-38(21-19-37)39-22-23-41(40(29-39)24-27-48-42(46)32(3)4)47-28-26-43(30-44,31-45)25-6-2/h14-23,29,33-34,44-45H,3,5-13,24-28,30-31H2,1-2,4H3. The second-order valence-electron chi connectivity index (χ2n) is 14.1. The first kappa shape index (κ1) is 37.4. The summed E-state index contributed by atoms with van der Waals surface area (Å²) in [5.74, 6) is 1.93. The highest BCUT2D eigenvalue weighted by molar-refractivity contribution is 5.86. The van der Waals surface area contributed by atoms with Gasteiger partial charge >= 0.3 is 5.97 Å². The smallest absolute Gasteiger partial charge is 0.333 e. The number of carbonyl (C=O) groups is 1. The van der Waals surface area contributed by atoms with Gasteiger partial charge in [0.05, 0.1) is 26.4 Å². The normalized spacial score (nSPS) is 16.4. The van der Waals surface area contributed by atoms with Crippen LogP contribution in [0.3, 0.4) is 0 Å². The van der Waals surface area contributed by atoms with E-state index in [-0.39, 0.29) is 19.8 Å². The van der Waals surface area contributed by atoms with Crippen LogP contribution in [0.15, 0.2) is 78.9 Å². The molecule has 260 valence electrons. The van der Waals surface area contributed by atoms with Crippen LogP contribution in [0.2, 0.25) is 0 Å². The molecule has 0 unspecified atom stereocenters. The molecule has 1 aliphatic rings. The van der Waals surface area contributed by atoms with Crippen LogP contribution >= 0.6 is 0 Å². The zero-order chi connectivity index (χ0) is 34.4. The van der Waals surface area contributed by atoms with E-state index >= 15 is 0 Å². The molecule has 0 aromatic heterocycles. The number of aliphatic hydroxyl groups excluding tert-OH is 2. The number of hydrogen-bond donors (Lipinski definition) is 2. The van der Waals surface area contributed by atoms with Crippen molar-refractivity contribution in [3.63, 3.8) is 0 Å². The minimum Gasteiger partial charge on any atom is -0.493 e. The minimum atomic E-state index is -0.555. The second kappa shape index (κ2) is 19.0. The number of esters is 1. The number of unbranched alkanes of at least 4 members (excludes halogenated alkanes) is 2. The molecule has 4 rings (SSSR count). The van der Waals surface area contributed by atoms with Gasteiger partial charge in [-0.1, -0.05) is 107 Å². The van der Waals surface area contributed by atoms with Crippen molar-refractivity contribution in [2.24, 2.45) is 11.3 Å². The van der Waals surface area contributed by atoms with Gasteiger partial charge in [-0.3, -0.25) is 0 Å². The Morgan fingerprint density at radius 2 is 1.40 bits per heavy atom. The predicted octanol–water partition coefficient (Wildman–Crippen LogP) is 10.1. The molecule has 5 nitrogen and oxygen atoms in total. The van der Waals surface area contributed by atoms with Crippen molar-refractivity contribution in [3.8, 4) is 28.0 Å². The molecule has 3 aromatic carbocycles. The SMILES string of the molecule is C=C(C)C(=O)OCCc1cc(-c2ccc(-c3ccc(C4CCC(CCCCC)CC4)cc3)cc2)ccc1OCCC(CO)(CO)CCC. The Morgan fingerprint density at radius 1 is 0.792 bits per heavy atom. The molecule has 0 bridgehead atoms. The van der Waals surface area contributed by atoms with Crippen LogP contribution < -0.4 is 4.74 Å². The van der Waals surface area contributed by atoms with Crippen molar-refractivity contribution in [1.29, 1.82) is 0 Å². The molecule has 0 amide bonds. The maximum atomic E-state index is 12.0. The molecule has 1 saturated carbocycles. The van der Waals surface area contributed by atoms with Crippen LogP contribution in [0.1, 0.15) is 108 Å². The van der Waals surface area contributed by atoms with Gasteiger partial charge in [-0.25, -0.2) is 4.79 Å². The first-order valence-electron chi connectivity index (χ1n) is 18.3. The third-order valence-electron chi connectivity index (χ3n) is 10.4. The molecule has 48 heavy (non-hydrogen) atoms. The largest absolute Gasteiger partial charge is 0.493 e. The van der Waals surface area contributed by atoms with E-state index in [1.807, 2.05) is 13.0 Å². The lowest BCUT2D eigenvalue weighted by Gasteiger charge is -2.29. The predicted molar refractivity (Wildman–Crippen MR) is 197 cm³/mol. The van der Waals surface area contributed by atoms with Crippen LogP contribution in [0.25, 0.3) is 22.3 Å². The lowest BCUT2D eigenvalue weighted by Crippen LogP contribution is -2.31. The number of aliphatic hydroxyl groups is 2. The molecule has 5 heteroatoms. The van der Waals surface area contributed by atoms with Gasteiger partial charge in [-0.2, -0.15) is 0 Å². The average Bonchev–Trinajstić information content (AvgIpc) is 3.12. The summed E-state index contributed by atoms with van der Waals surface area (Å²) in [5.41, 5.74) is 6.81. The average molecular weight is 655 g/mol. The van der Waals surface area contributed by atoms with Gasteiger partial charge in [-0.15, -0.1) is 0 Å². The third-order valence-corrected chi connectivity index (χ3v) is 10.4. The van der Waals surface area contributed by atoms with Crippen LogP contribution in [-0.2, 0) is 16.0 Å². The molecule has 3 aromatic rings. The summed E-state index contributed by atoms with van der Waals surface area (Å²) in [4.78, 5) is 12.0. The first-order valence-corrected chi connectivity index (χ1v) is 18.3. The van der Waals surface area contributed by atoms with Crippen molar-refractivity contribution < 1.29 is 24.5 Å². The van der Waals surface area contributed by atoms with E-state index in [0.717, 1.165) is 35.4 Å². The Morgan fingerprint density at radius 3 is 1.98 bits per heavy atom. The molecule has 1 aliphatic carbocycles. The Bertz CT molecular complexity index is 1410. The quantitative estimate of drug-likeness (QED) is 0.0764. The van der Waals surface area contributed by atoms with Crippen LogP contribution in [0.5, 0.6) is 5.75 Å². The van der Waals surface area contributed by atoms with Gasteiger partial charge in [0.25, 0.3) is 0 Å². The van der Waals surface area contributed by atoms with Crippen molar-refractivity contribution in [2.45, 2.75) is 104 Å². The summed E-state index contributed by atoms with van der Waals surface area (Å²) < 4.78 is 11.6. The summed E-state index contributed by atoms with van der Waals surface area (Å²) in [6, 6.07) is 24.0. The van der Waals surface area contributed by atoms with Crippen molar-refractivity contribution in [2.75, 3.05) is 26.4 Å². The fourth-order valence-electron chi connectivity index (χ4n) is 7.14. The zero-order valence-corrected chi connectivity index (χ0v) is 29.6. The highest BCUT2D eigenvalue weighted by Gasteiger charge is 2.28. The van der Waals surface area contributed by atoms with E-state index < -0.39 is 11.4 Å². The minimum absolute atomic E-state index is 0.0797. The number of hydrogen-bond acceptors (Lipinski definition) is 5. The summed E-state index contributed by atoms with van der Waals surface area (Å²) >= 11 is 0. The van der Waals surface area contributed by atoms with E-state index in [2.05, 4.69) is 74.2 Å². The van der Waals surface area contributed by atoms with Gasteiger partial charge < -0.3 is 19.7 Å². The van der Waals surface area contributed by atoms with E-state index in [0.29, 0.717) is 36.7 Å². The van der Waals surface area contributed by atoms with Crippen LogP contribution in [0, 0.1) is 11.3 Å². The topological polar surface area (TPSA) is 76.0 Å². The van der Waals surface area contributed by atoms with E-state index in [1.54, 1.807) is 6.92 Å². The van der Waals surface area contributed by atoms with Crippen molar-refractivity contribution in [3.05, 3.63) is 90.0 Å². The molecule has 0 atom stereocenters. The van der Waals surface area contributed by atoms with Gasteiger partial charge in [-0.05, 0) is 103 Å². The lowest BCUT2D eigenvalue weighted by molar-refractivity contribution is -0.138. The van der Waals surface area contributed by atoms with Gasteiger partial charge in [0.2, 0.25) is 0 Å². The molecular formula is C43H58O5. The van der Waals surface area contributed by atoms with Gasteiger partial charge in [0, 0.05) is 17.4 Å². The molecule has 0 aliphatic heterocycles. The van der Waals surface area contributed by atoms with E-state index in [9.17, 15) is 15.0 Å².